The number of carbonyl (C=O) groups excluding carboxylic acids is 2. The molecule has 0 bridgehead atoms. The molecular weight excluding hydrogens is 523 g/mol. The normalized spacial score (nSPS) is 19.4. The summed E-state index contributed by atoms with van der Waals surface area (Å²) in [6.07, 6.45) is 0.335. The van der Waals surface area contributed by atoms with Gasteiger partial charge in [0.05, 0.1) is 6.20 Å². The third-order valence-electron chi connectivity index (χ3n) is 6.11. The van der Waals surface area contributed by atoms with E-state index in [2.05, 4.69) is 36.2 Å². The molecule has 3 heterocycles. The molecule has 7 nitrogen and oxygen atoms in total. The van der Waals surface area contributed by atoms with E-state index in [1.165, 1.54) is 11.3 Å². The van der Waals surface area contributed by atoms with Gasteiger partial charge in [-0.2, -0.15) is 18.3 Å². The molecule has 1 N–H and O–H groups in total. The lowest BCUT2D eigenvalue weighted by atomic mass is 9.94. The topological polar surface area (TPSA) is 80.1 Å². The number of halogens is 4. The average molecular weight is 548 g/mol. The molecule has 2 fully saturated rings. The van der Waals surface area contributed by atoms with Crippen molar-refractivity contribution in [1.82, 2.24) is 14.8 Å². The van der Waals surface area contributed by atoms with Crippen LogP contribution in [0.5, 0.6) is 0 Å². The van der Waals surface area contributed by atoms with Crippen molar-refractivity contribution in [3.05, 3.63) is 20.7 Å². The smallest absolute Gasteiger partial charge is 0.355 e. The van der Waals surface area contributed by atoms with Gasteiger partial charge >= 0.3 is 6.18 Å². The Morgan fingerprint density at radius 3 is 2.61 bits per heavy atom. The van der Waals surface area contributed by atoms with Crippen molar-refractivity contribution in [1.29, 1.82) is 0 Å². The predicted octanol–water partition coefficient (Wildman–Crippen LogP) is 5.20. The maximum absolute atomic E-state index is 12.9. The van der Waals surface area contributed by atoms with Crippen molar-refractivity contribution in [3.63, 3.8) is 0 Å². The van der Waals surface area contributed by atoms with E-state index in [1.54, 1.807) is 6.20 Å². The fourth-order valence-electron chi connectivity index (χ4n) is 4.19. The molecule has 0 unspecified atom stereocenters. The van der Waals surface area contributed by atoms with Crippen LogP contribution in [0.2, 0.25) is 0 Å². The van der Waals surface area contributed by atoms with Gasteiger partial charge in [-0.15, -0.1) is 11.3 Å². The Balaban J connectivity index is 1.51. The van der Waals surface area contributed by atoms with E-state index in [0.717, 1.165) is 30.1 Å². The minimum atomic E-state index is -4.78. The zero-order valence-electron chi connectivity index (χ0n) is 18.1. The molecule has 2 aliphatic rings. The van der Waals surface area contributed by atoms with Crippen molar-refractivity contribution >= 4 is 50.5 Å². The van der Waals surface area contributed by atoms with Gasteiger partial charge in [0, 0.05) is 30.9 Å². The molecule has 2 aromatic rings. The molecule has 0 spiro atoms. The van der Waals surface area contributed by atoms with Crippen molar-refractivity contribution < 1.29 is 22.8 Å². The third-order valence-corrected chi connectivity index (χ3v) is 7.53. The molecule has 180 valence electrons. The first kappa shape index (κ1) is 24.2. The standard InChI is InChI=1S/C21H25BrF3N5O2S/c1-12-17(28-20(22)33-12)18(32)27-15-10-26-30(11-14-4-5-14)19(15)29-7-2-3-13(6-8-29)9-16(31)21(23,24)25/h10,13-14H,2-9,11H2,1H3,(H,27,32)/t13-/m1/s1. The quantitative estimate of drug-likeness (QED) is 0.515. The lowest BCUT2D eigenvalue weighted by Gasteiger charge is -2.25. The number of aryl methyl sites for hydroxylation is 1. The summed E-state index contributed by atoms with van der Waals surface area (Å²) in [5, 5.41) is 7.44. The molecule has 0 aromatic carbocycles. The van der Waals surface area contributed by atoms with Crippen LogP contribution in [0.1, 0.15) is 53.9 Å². The first-order chi connectivity index (χ1) is 15.6. The Morgan fingerprint density at radius 2 is 1.97 bits per heavy atom. The maximum Gasteiger partial charge on any atom is 0.449 e. The van der Waals surface area contributed by atoms with Gasteiger partial charge in [0.2, 0.25) is 5.78 Å². The first-order valence-electron chi connectivity index (χ1n) is 11.0. The molecule has 1 atom stereocenters. The van der Waals surface area contributed by atoms with E-state index < -0.39 is 18.4 Å². The maximum atomic E-state index is 12.9. The van der Waals surface area contributed by atoms with Gasteiger partial charge in [-0.25, -0.2) is 9.67 Å². The average Bonchev–Trinajstić information content (AvgIpc) is 3.43. The van der Waals surface area contributed by atoms with Crippen molar-refractivity contribution in [2.24, 2.45) is 11.8 Å². The molecule has 1 saturated heterocycles. The van der Waals surface area contributed by atoms with E-state index in [0.29, 0.717) is 53.6 Å². The molecule has 4 rings (SSSR count). The van der Waals surface area contributed by atoms with E-state index in [-0.39, 0.29) is 11.8 Å². The Labute approximate surface area is 201 Å². The molecule has 1 aliphatic heterocycles. The van der Waals surface area contributed by atoms with Crippen molar-refractivity contribution in [3.8, 4) is 0 Å². The molecular formula is C21H25BrF3N5O2S. The Hall–Kier alpha value is -1.95. The van der Waals surface area contributed by atoms with Gasteiger partial charge in [0.1, 0.15) is 11.4 Å². The number of nitrogens with one attached hydrogen (secondary N) is 1. The van der Waals surface area contributed by atoms with Gasteiger partial charge in [-0.05, 0) is 66.8 Å². The molecule has 2 aromatic heterocycles. The third kappa shape index (κ3) is 5.95. The van der Waals surface area contributed by atoms with E-state index >= 15 is 0 Å². The summed E-state index contributed by atoms with van der Waals surface area (Å²) < 4.78 is 40.6. The van der Waals surface area contributed by atoms with Gasteiger partial charge in [-0.1, -0.05) is 0 Å². The summed E-state index contributed by atoms with van der Waals surface area (Å²) in [6, 6.07) is 0. The molecule has 1 amide bonds. The van der Waals surface area contributed by atoms with E-state index in [4.69, 9.17) is 0 Å². The van der Waals surface area contributed by atoms with E-state index in [9.17, 15) is 22.8 Å². The molecule has 33 heavy (non-hydrogen) atoms. The summed E-state index contributed by atoms with van der Waals surface area (Å²) in [5.41, 5.74) is 0.906. The number of Topliss-reactive ketones (excluding diaryl/α,β-unsaturated/α-hetero) is 1. The van der Waals surface area contributed by atoms with Crippen LogP contribution in [-0.2, 0) is 11.3 Å². The minimum absolute atomic E-state index is 0.308. The molecule has 0 radical (unpaired) electrons. The van der Waals surface area contributed by atoms with Gasteiger partial charge in [0.15, 0.2) is 9.73 Å². The highest BCUT2D eigenvalue weighted by Gasteiger charge is 2.39. The van der Waals surface area contributed by atoms with Crippen molar-refractivity contribution in [2.75, 3.05) is 23.3 Å². The summed E-state index contributed by atoms with van der Waals surface area (Å²) in [4.78, 5) is 31.5. The summed E-state index contributed by atoms with van der Waals surface area (Å²) in [6.45, 7) is 3.68. The van der Waals surface area contributed by atoms with Crippen LogP contribution in [0.4, 0.5) is 24.7 Å². The number of thiazole rings is 1. The van der Waals surface area contributed by atoms with Crippen LogP contribution in [-0.4, -0.2) is 45.7 Å². The molecule has 1 aliphatic carbocycles. The second kappa shape index (κ2) is 9.73. The van der Waals surface area contributed by atoms with E-state index in [1.807, 2.05) is 11.6 Å². The van der Waals surface area contributed by atoms with Crippen LogP contribution >= 0.6 is 27.3 Å². The second-order valence-corrected chi connectivity index (χ2v) is 11.2. The first-order valence-corrected chi connectivity index (χ1v) is 12.6. The number of hydrogen-bond acceptors (Lipinski definition) is 6. The number of carbonyl (C=O) groups is 2. The van der Waals surface area contributed by atoms with Crippen LogP contribution in [0, 0.1) is 18.8 Å². The Bertz CT molecular complexity index is 1030. The number of aromatic nitrogens is 3. The summed E-state index contributed by atoms with van der Waals surface area (Å²) in [7, 11) is 0. The number of anilines is 2. The number of amides is 1. The van der Waals surface area contributed by atoms with Crippen LogP contribution in [0.15, 0.2) is 10.1 Å². The lowest BCUT2D eigenvalue weighted by Crippen LogP contribution is -2.29. The molecule has 1 saturated carbocycles. The fraction of sp³-hybridized carbons (Fsp3) is 0.619. The minimum Gasteiger partial charge on any atom is -0.355 e. The highest BCUT2D eigenvalue weighted by Crippen LogP contribution is 2.36. The largest absolute Gasteiger partial charge is 0.449 e. The zero-order chi connectivity index (χ0) is 23.8. The van der Waals surface area contributed by atoms with Gasteiger partial charge in [0.25, 0.3) is 5.91 Å². The van der Waals surface area contributed by atoms with Crippen molar-refractivity contribution in [2.45, 2.75) is 58.2 Å². The zero-order valence-corrected chi connectivity index (χ0v) is 20.5. The summed E-state index contributed by atoms with van der Waals surface area (Å²) in [5.74, 6) is -0.974. The number of ketones is 1. The number of nitrogens with zero attached hydrogens (tertiary/aromatic N) is 4. The fourth-order valence-corrected chi connectivity index (χ4v) is 5.73. The van der Waals surface area contributed by atoms with Crippen LogP contribution < -0.4 is 10.2 Å². The monoisotopic (exact) mass is 547 g/mol. The lowest BCUT2D eigenvalue weighted by molar-refractivity contribution is -0.172. The highest BCUT2D eigenvalue weighted by atomic mass is 79.9. The SMILES string of the molecule is Cc1sc(Br)nc1C(=O)Nc1cnn(CC2CC2)c1N1CCC[C@@H](CC(=O)C(F)(F)F)CC1. The van der Waals surface area contributed by atoms with Crippen LogP contribution in [0.3, 0.4) is 0 Å². The van der Waals surface area contributed by atoms with Crippen LogP contribution in [0.25, 0.3) is 0 Å². The second-order valence-electron chi connectivity index (χ2n) is 8.74. The Morgan fingerprint density at radius 1 is 1.21 bits per heavy atom. The number of rotatable bonds is 7. The Kier molecular flexibility index (Phi) is 7.13. The number of hydrogen-bond donors (Lipinski definition) is 1. The van der Waals surface area contributed by atoms with Gasteiger partial charge in [-0.3, -0.25) is 9.59 Å². The highest BCUT2D eigenvalue weighted by molar-refractivity contribution is 9.11. The summed E-state index contributed by atoms with van der Waals surface area (Å²) >= 11 is 4.68. The molecule has 12 heteroatoms. The predicted molar refractivity (Wildman–Crippen MR) is 123 cm³/mol. The van der Waals surface area contributed by atoms with Gasteiger partial charge < -0.3 is 10.2 Å². The number of alkyl halides is 3.